The predicted molar refractivity (Wildman–Crippen MR) is 78.0 cm³/mol. The molecule has 21 heavy (non-hydrogen) atoms. The van der Waals surface area contributed by atoms with Crippen LogP contribution in [0.2, 0.25) is 0 Å². The molecule has 0 aromatic carbocycles. The number of carbonyl (C=O) groups is 1. The summed E-state index contributed by atoms with van der Waals surface area (Å²) in [7, 11) is 2.94. The number of esters is 1. The number of methoxy groups -OCH3 is 1. The molecule has 1 aromatic rings. The van der Waals surface area contributed by atoms with Crippen LogP contribution in [0.4, 0.5) is 0 Å². The van der Waals surface area contributed by atoms with Crippen molar-refractivity contribution in [3.8, 4) is 0 Å². The first-order valence-electron chi connectivity index (χ1n) is 6.83. The molecule has 1 saturated carbocycles. The largest absolute Gasteiger partial charge is 0.468 e. The van der Waals surface area contributed by atoms with Crippen molar-refractivity contribution >= 4 is 11.8 Å². The molecule has 1 heterocycles. The third-order valence-corrected chi connectivity index (χ3v) is 3.86. The van der Waals surface area contributed by atoms with Crippen molar-refractivity contribution in [2.75, 3.05) is 14.2 Å². The minimum atomic E-state index is -1.08. The number of nitrogens with one attached hydrogen (secondary N) is 1. The topological polar surface area (TPSA) is 87.7 Å². The van der Waals surface area contributed by atoms with E-state index in [1.807, 2.05) is 0 Å². The van der Waals surface area contributed by atoms with Crippen LogP contribution in [0.5, 0.6) is 0 Å². The minimum absolute atomic E-state index is 0.140. The van der Waals surface area contributed by atoms with Gasteiger partial charge >= 0.3 is 5.97 Å². The van der Waals surface area contributed by atoms with Gasteiger partial charge in [-0.1, -0.05) is 6.07 Å². The van der Waals surface area contributed by atoms with Crippen LogP contribution in [0.15, 0.2) is 23.3 Å². The second-order valence-electron chi connectivity index (χ2n) is 5.82. The SMILES string of the molecule is C/N=c1/c(C(C)(C)O)cccn1C(=N)C1(C(=O)OC)CC1. The number of rotatable bonds is 3. The summed E-state index contributed by atoms with van der Waals surface area (Å²) in [6.07, 6.45) is 2.88. The Hall–Kier alpha value is -1.95. The highest BCUT2D eigenvalue weighted by Gasteiger charge is 2.56. The zero-order chi connectivity index (χ0) is 15.8. The van der Waals surface area contributed by atoms with Gasteiger partial charge in [0.05, 0.1) is 12.7 Å². The predicted octanol–water partition coefficient (Wildman–Crippen LogP) is 1.02. The molecule has 2 rings (SSSR count). The molecule has 1 aliphatic carbocycles. The van der Waals surface area contributed by atoms with E-state index in [0.717, 1.165) is 0 Å². The lowest BCUT2D eigenvalue weighted by atomic mass is 9.99. The Morgan fingerprint density at radius 1 is 1.52 bits per heavy atom. The van der Waals surface area contributed by atoms with Gasteiger partial charge in [0.2, 0.25) is 0 Å². The average Bonchev–Trinajstić information content (AvgIpc) is 3.25. The van der Waals surface area contributed by atoms with E-state index >= 15 is 0 Å². The third kappa shape index (κ3) is 2.51. The molecule has 0 unspecified atom stereocenters. The number of carbonyl (C=O) groups excluding carboxylic acids is 1. The number of nitrogens with zero attached hydrogens (tertiary/aromatic N) is 2. The number of hydrogen-bond donors (Lipinski definition) is 2. The number of hydrogen-bond acceptors (Lipinski definition) is 5. The second-order valence-corrected chi connectivity index (χ2v) is 5.82. The van der Waals surface area contributed by atoms with Gasteiger partial charge in [0.1, 0.15) is 16.7 Å². The van der Waals surface area contributed by atoms with Gasteiger partial charge < -0.3 is 9.84 Å². The smallest absolute Gasteiger partial charge is 0.319 e. The van der Waals surface area contributed by atoms with Crippen molar-refractivity contribution in [1.82, 2.24) is 4.57 Å². The lowest BCUT2D eigenvalue weighted by molar-refractivity contribution is -0.144. The zero-order valence-corrected chi connectivity index (χ0v) is 12.8. The Bertz CT molecular complexity index is 649. The second kappa shape index (κ2) is 5.11. The first kappa shape index (κ1) is 15.4. The van der Waals surface area contributed by atoms with Crippen LogP contribution < -0.4 is 5.49 Å². The number of aliphatic hydroxyl groups is 1. The fourth-order valence-electron chi connectivity index (χ4n) is 2.47. The Morgan fingerprint density at radius 2 is 2.14 bits per heavy atom. The van der Waals surface area contributed by atoms with E-state index in [9.17, 15) is 9.90 Å². The Balaban J connectivity index is 2.57. The first-order chi connectivity index (χ1) is 9.78. The van der Waals surface area contributed by atoms with Gasteiger partial charge in [0.25, 0.3) is 0 Å². The highest BCUT2D eigenvalue weighted by Crippen LogP contribution is 2.47. The quantitative estimate of drug-likeness (QED) is 0.495. The molecule has 0 aliphatic heterocycles. The van der Waals surface area contributed by atoms with Crippen LogP contribution in [-0.4, -0.2) is 35.6 Å². The molecule has 0 spiro atoms. The summed E-state index contributed by atoms with van der Waals surface area (Å²) in [4.78, 5) is 16.1. The molecule has 2 N–H and O–H groups in total. The third-order valence-electron chi connectivity index (χ3n) is 3.86. The molecule has 1 fully saturated rings. The number of pyridine rings is 1. The van der Waals surface area contributed by atoms with E-state index in [-0.39, 0.29) is 5.84 Å². The van der Waals surface area contributed by atoms with E-state index in [1.165, 1.54) is 7.11 Å². The van der Waals surface area contributed by atoms with Crippen molar-refractivity contribution in [2.24, 2.45) is 10.4 Å². The standard InChI is InChI=1S/C15H21N3O3/c1-14(2,20)10-6-5-9-18(11(10)17-3)12(16)15(7-8-15)13(19)21-4/h5-6,9,16,20H,7-8H2,1-4H3/b16-12?,17-11-. The zero-order valence-electron chi connectivity index (χ0n) is 12.8. The van der Waals surface area contributed by atoms with Crippen molar-refractivity contribution in [1.29, 1.82) is 5.41 Å². The summed E-state index contributed by atoms with van der Waals surface area (Å²) < 4.78 is 6.37. The van der Waals surface area contributed by atoms with Gasteiger partial charge in [-0.25, -0.2) is 0 Å². The fourth-order valence-corrected chi connectivity index (χ4v) is 2.47. The average molecular weight is 291 g/mol. The van der Waals surface area contributed by atoms with E-state index in [1.54, 1.807) is 43.8 Å². The van der Waals surface area contributed by atoms with Crippen molar-refractivity contribution in [3.05, 3.63) is 29.4 Å². The van der Waals surface area contributed by atoms with Crippen LogP contribution in [0.25, 0.3) is 0 Å². The fraction of sp³-hybridized carbons (Fsp3) is 0.533. The van der Waals surface area contributed by atoms with Crippen LogP contribution >= 0.6 is 0 Å². The van der Waals surface area contributed by atoms with Gasteiger partial charge in [-0.2, -0.15) is 0 Å². The van der Waals surface area contributed by atoms with Gasteiger partial charge in [-0.15, -0.1) is 0 Å². The lowest BCUT2D eigenvalue weighted by Crippen LogP contribution is -2.41. The van der Waals surface area contributed by atoms with Crippen LogP contribution in [0.3, 0.4) is 0 Å². The van der Waals surface area contributed by atoms with Gasteiger partial charge in [0.15, 0.2) is 0 Å². The molecular formula is C15H21N3O3. The van der Waals surface area contributed by atoms with Crippen LogP contribution in [0, 0.1) is 10.8 Å². The molecule has 0 radical (unpaired) electrons. The Morgan fingerprint density at radius 3 is 2.57 bits per heavy atom. The summed E-state index contributed by atoms with van der Waals surface area (Å²) in [5.74, 6) is -0.253. The van der Waals surface area contributed by atoms with Crippen molar-refractivity contribution < 1.29 is 14.6 Å². The highest BCUT2D eigenvalue weighted by atomic mass is 16.5. The Labute approximate surface area is 123 Å². The monoisotopic (exact) mass is 291 g/mol. The molecule has 6 heteroatoms. The molecule has 0 atom stereocenters. The molecular weight excluding hydrogens is 270 g/mol. The molecule has 1 aliphatic rings. The molecule has 6 nitrogen and oxygen atoms in total. The molecule has 0 amide bonds. The first-order valence-corrected chi connectivity index (χ1v) is 6.83. The van der Waals surface area contributed by atoms with Gasteiger partial charge in [-0.3, -0.25) is 19.8 Å². The van der Waals surface area contributed by atoms with Gasteiger partial charge in [0, 0.05) is 18.8 Å². The normalized spacial score (nSPS) is 17.5. The summed E-state index contributed by atoms with van der Waals surface area (Å²) in [5, 5.41) is 18.6. The van der Waals surface area contributed by atoms with E-state index < -0.39 is 17.0 Å². The lowest BCUT2D eigenvalue weighted by Gasteiger charge is -2.22. The number of aromatic nitrogens is 1. The van der Waals surface area contributed by atoms with E-state index in [0.29, 0.717) is 23.9 Å². The molecule has 0 bridgehead atoms. The molecule has 0 saturated heterocycles. The maximum Gasteiger partial charge on any atom is 0.319 e. The summed E-state index contributed by atoms with van der Waals surface area (Å²) in [5.41, 5.74) is -0.875. The van der Waals surface area contributed by atoms with Gasteiger partial charge in [-0.05, 0) is 32.8 Å². The summed E-state index contributed by atoms with van der Waals surface area (Å²) in [6.45, 7) is 3.33. The molecule has 114 valence electrons. The molecule has 1 aromatic heterocycles. The van der Waals surface area contributed by atoms with Crippen LogP contribution in [0.1, 0.15) is 32.3 Å². The maximum absolute atomic E-state index is 11.9. The minimum Gasteiger partial charge on any atom is -0.468 e. The Kier molecular flexibility index (Phi) is 3.76. The number of ether oxygens (including phenoxy) is 1. The van der Waals surface area contributed by atoms with E-state index in [4.69, 9.17) is 10.1 Å². The summed E-state index contributed by atoms with van der Waals surface area (Å²) in [6, 6.07) is 3.51. The highest BCUT2D eigenvalue weighted by molar-refractivity contribution is 6.07. The van der Waals surface area contributed by atoms with Crippen LogP contribution in [-0.2, 0) is 15.1 Å². The van der Waals surface area contributed by atoms with Crippen molar-refractivity contribution in [2.45, 2.75) is 32.3 Å². The maximum atomic E-state index is 11.9. The van der Waals surface area contributed by atoms with E-state index in [2.05, 4.69) is 4.99 Å². The summed E-state index contributed by atoms with van der Waals surface area (Å²) >= 11 is 0. The van der Waals surface area contributed by atoms with Crippen molar-refractivity contribution in [3.63, 3.8) is 0 Å².